The number of rotatable bonds is 8. The first-order chi connectivity index (χ1) is 25.4. The first-order valence-electron chi connectivity index (χ1n) is 15.7. The molecule has 52 heavy (non-hydrogen) atoms. The minimum absolute atomic E-state index is 0.0562. The Morgan fingerprint density at radius 2 is 1.48 bits per heavy atom. The number of nitrogens with zero attached hydrogens (tertiary/aromatic N) is 9. The molecule has 3 aromatic carbocycles. The van der Waals surface area contributed by atoms with E-state index in [0.29, 0.717) is 34.9 Å². The molecule has 1 N–H and O–H groups in total. The summed E-state index contributed by atoms with van der Waals surface area (Å²) in [6.45, 7) is 0.703. The summed E-state index contributed by atoms with van der Waals surface area (Å²) in [4.78, 5) is 47.4. The maximum atomic E-state index is 12.9. The van der Waals surface area contributed by atoms with E-state index in [1.807, 2.05) is 75.3 Å². The Morgan fingerprint density at radius 3 is 2.21 bits per heavy atom. The third-order valence-corrected chi connectivity index (χ3v) is 10.2. The molecule has 6 heterocycles. The van der Waals surface area contributed by atoms with Gasteiger partial charge in [0, 0.05) is 52.9 Å². The maximum Gasteiger partial charge on any atom is 0.278 e. The summed E-state index contributed by atoms with van der Waals surface area (Å²) in [7, 11) is 0. The van der Waals surface area contributed by atoms with Gasteiger partial charge in [-0.25, -0.2) is 19.9 Å². The number of amides is 1. The first-order valence-corrected chi connectivity index (χ1v) is 18.0. The zero-order valence-corrected chi connectivity index (χ0v) is 29.3. The predicted molar refractivity (Wildman–Crippen MR) is 202 cm³/mol. The van der Waals surface area contributed by atoms with E-state index in [4.69, 9.17) is 16.6 Å². The number of carbonyl (C=O) groups excluding carboxylic acids is 1. The average molecular weight is 745 g/mol. The number of nitro benzene ring substituents is 1. The number of nitro groups is 1. The monoisotopic (exact) mass is 744 g/mol. The van der Waals surface area contributed by atoms with Crippen molar-refractivity contribution in [2.45, 2.75) is 12.4 Å². The number of hydrogen-bond acceptors (Lipinski definition) is 10. The van der Waals surface area contributed by atoms with E-state index in [1.165, 1.54) is 23.6 Å². The molecule has 256 valence electrons. The third-order valence-electron chi connectivity index (χ3n) is 8.12. The SMILES string of the molecule is O=C(Nc1ccccc1-c1cn2c(Cn3ccnc3)csc2n1)c1cnc2ccccc2n1.O=[N+]([O-])c1ccccc1-c1cn2c(CCl)csc2n1. The molecular weight excluding hydrogens is 720 g/mol. The van der Waals surface area contributed by atoms with Crippen LogP contribution in [0.4, 0.5) is 11.4 Å². The Labute approximate surface area is 307 Å². The van der Waals surface area contributed by atoms with Crippen molar-refractivity contribution in [3.63, 3.8) is 0 Å². The van der Waals surface area contributed by atoms with Gasteiger partial charge in [-0.15, -0.1) is 34.3 Å². The Morgan fingerprint density at radius 1 is 0.827 bits per heavy atom. The fourth-order valence-electron chi connectivity index (χ4n) is 5.61. The summed E-state index contributed by atoms with van der Waals surface area (Å²) in [5.74, 6) is 0.0645. The van der Waals surface area contributed by atoms with E-state index in [2.05, 4.69) is 35.0 Å². The molecule has 0 aliphatic heterocycles. The number of benzene rings is 3. The number of nitrogens with one attached hydrogen (secondary N) is 1. The number of aromatic nitrogens is 8. The Hall–Kier alpha value is -6.29. The standard InChI is InChI=1S/C24H17N7OS.C12H8ClN3O2S/c32-23(21-11-26-19-7-3-4-8-20(19)27-21)28-18-6-2-1-5-17(18)22-13-31-16(14-33-24(31)29-22)12-30-10-9-25-15-30;13-5-8-7-19-12-14-10(6-15(8)12)9-3-1-2-4-11(9)16(17)18/h1-11,13-15H,12H2,(H,28,32);1-4,6-7H,5H2. The molecule has 16 heteroatoms. The van der Waals surface area contributed by atoms with Crippen molar-refractivity contribution in [2.75, 3.05) is 5.32 Å². The number of fused-ring (bicyclic) bond motifs is 3. The van der Waals surface area contributed by atoms with Crippen molar-refractivity contribution in [1.29, 1.82) is 0 Å². The van der Waals surface area contributed by atoms with Crippen LogP contribution in [-0.2, 0) is 12.4 Å². The molecule has 0 aliphatic rings. The number of halogens is 1. The second kappa shape index (κ2) is 14.1. The molecule has 0 aliphatic carbocycles. The largest absolute Gasteiger partial charge is 0.332 e. The highest BCUT2D eigenvalue weighted by molar-refractivity contribution is 7.15. The van der Waals surface area contributed by atoms with Crippen molar-refractivity contribution < 1.29 is 9.72 Å². The number of hydrogen-bond donors (Lipinski definition) is 1. The highest BCUT2D eigenvalue weighted by Crippen LogP contribution is 2.32. The van der Waals surface area contributed by atoms with Crippen molar-refractivity contribution in [3.8, 4) is 22.5 Å². The number of alkyl halides is 1. The minimum Gasteiger partial charge on any atom is -0.332 e. The first kappa shape index (κ1) is 32.9. The van der Waals surface area contributed by atoms with Gasteiger partial charge in [-0.05, 0) is 24.3 Å². The van der Waals surface area contributed by atoms with Crippen LogP contribution in [0.2, 0.25) is 0 Å². The zero-order valence-electron chi connectivity index (χ0n) is 26.9. The summed E-state index contributed by atoms with van der Waals surface area (Å²) >= 11 is 8.88. The molecule has 0 unspecified atom stereocenters. The van der Waals surface area contributed by atoms with E-state index in [-0.39, 0.29) is 17.3 Å². The van der Waals surface area contributed by atoms with Crippen molar-refractivity contribution in [2.24, 2.45) is 0 Å². The molecule has 9 aromatic rings. The third kappa shape index (κ3) is 6.51. The molecule has 0 radical (unpaired) electrons. The number of anilines is 1. The summed E-state index contributed by atoms with van der Waals surface area (Å²) in [6, 6.07) is 21.7. The van der Waals surface area contributed by atoms with Crippen LogP contribution in [0.3, 0.4) is 0 Å². The Balaban J connectivity index is 0.000000173. The maximum absolute atomic E-state index is 12.9. The molecular formula is C36H25ClN10O3S2. The van der Waals surface area contributed by atoms with Crippen molar-refractivity contribution in [1.82, 2.24) is 38.3 Å². The van der Waals surface area contributed by atoms with Gasteiger partial charge in [0.25, 0.3) is 11.6 Å². The van der Waals surface area contributed by atoms with Gasteiger partial charge in [-0.1, -0.05) is 42.5 Å². The summed E-state index contributed by atoms with van der Waals surface area (Å²) < 4.78 is 5.96. The van der Waals surface area contributed by atoms with Crippen LogP contribution in [0.1, 0.15) is 21.9 Å². The van der Waals surface area contributed by atoms with Gasteiger partial charge in [-0.2, -0.15) is 0 Å². The molecule has 0 bridgehead atoms. The van der Waals surface area contributed by atoms with Crippen LogP contribution >= 0.6 is 34.3 Å². The fraction of sp³-hybridized carbons (Fsp3) is 0.0556. The van der Waals surface area contributed by atoms with Crippen LogP contribution in [0, 0.1) is 10.1 Å². The summed E-state index contributed by atoms with van der Waals surface area (Å²) in [5.41, 5.74) is 7.18. The molecule has 6 aromatic heterocycles. The number of carbonyl (C=O) groups is 1. The normalized spacial score (nSPS) is 11.2. The van der Waals surface area contributed by atoms with E-state index in [9.17, 15) is 14.9 Å². The van der Waals surface area contributed by atoms with Crippen LogP contribution in [0.25, 0.3) is 43.5 Å². The number of para-hydroxylation sites is 4. The Bertz CT molecular complexity index is 2720. The van der Waals surface area contributed by atoms with Gasteiger partial charge in [0.15, 0.2) is 9.92 Å². The van der Waals surface area contributed by atoms with E-state index in [1.54, 1.807) is 48.3 Å². The minimum atomic E-state index is -0.398. The summed E-state index contributed by atoms with van der Waals surface area (Å²) in [6.07, 6.45) is 10.8. The molecule has 0 spiro atoms. The second-order valence-corrected chi connectivity index (χ2v) is 13.3. The van der Waals surface area contributed by atoms with Gasteiger partial charge in [0.1, 0.15) is 5.69 Å². The molecule has 0 fully saturated rings. The zero-order chi connectivity index (χ0) is 35.6. The lowest BCUT2D eigenvalue weighted by atomic mass is 10.1. The smallest absolute Gasteiger partial charge is 0.278 e. The van der Waals surface area contributed by atoms with Crippen LogP contribution < -0.4 is 5.32 Å². The topological polar surface area (TPSA) is 150 Å². The van der Waals surface area contributed by atoms with Gasteiger partial charge >= 0.3 is 0 Å². The molecule has 0 saturated heterocycles. The quantitative estimate of drug-likeness (QED) is 0.0929. The van der Waals surface area contributed by atoms with Gasteiger partial charge < -0.3 is 9.88 Å². The second-order valence-electron chi connectivity index (χ2n) is 11.4. The molecule has 13 nitrogen and oxygen atoms in total. The highest BCUT2D eigenvalue weighted by atomic mass is 35.5. The predicted octanol–water partition coefficient (Wildman–Crippen LogP) is 8.21. The molecule has 1 amide bonds. The van der Waals surface area contributed by atoms with Crippen LogP contribution in [-0.4, -0.2) is 49.1 Å². The Kier molecular flexibility index (Phi) is 8.95. The highest BCUT2D eigenvalue weighted by Gasteiger charge is 2.19. The van der Waals surface area contributed by atoms with E-state index >= 15 is 0 Å². The van der Waals surface area contributed by atoms with Gasteiger partial charge in [0.05, 0.1) is 69.2 Å². The average Bonchev–Trinajstić information content (AvgIpc) is 4.01. The van der Waals surface area contributed by atoms with Crippen molar-refractivity contribution >= 4 is 72.5 Å². The molecule has 0 atom stereocenters. The molecule has 9 rings (SSSR count). The lowest BCUT2D eigenvalue weighted by molar-refractivity contribution is -0.384. The lowest BCUT2D eigenvalue weighted by Gasteiger charge is -2.09. The van der Waals surface area contributed by atoms with Crippen LogP contribution in [0.5, 0.6) is 0 Å². The summed E-state index contributed by atoms with van der Waals surface area (Å²) in [5, 5.41) is 18.0. The van der Waals surface area contributed by atoms with Gasteiger partial charge in [0.2, 0.25) is 0 Å². The fourth-order valence-corrected chi connectivity index (χ4v) is 7.65. The molecule has 0 saturated carbocycles. The van der Waals surface area contributed by atoms with E-state index in [0.717, 1.165) is 38.1 Å². The van der Waals surface area contributed by atoms with Crippen LogP contribution in [0.15, 0.2) is 121 Å². The lowest BCUT2D eigenvalue weighted by Crippen LogP contribution is -2.14. The van der Waals surface area contributed by atoms with E-state index < -0.39 is 4.92 Å². The van der Waals surface area contributed by atoms with Crippen molar-refractivity contribution in [3.05, 3.63) is 148 Å². The van der Waals surface area contributed by atoms with Gasteiger partial charge in [-0.3, -0.25) is 28.7 Å². The number of thiazole rings is 2. The number of imidazole rings is 3.